The molecular weight excluding hydrogens is 216 g/mol. The molecule has 3 heteroatoms. The average Bonchev–Trinajstić information content (AvgIpc) is 2.29. The summed E-state index contributed by atoms with van der Waals surface area (Å²) in [7, 11) is 1.40. The van der Waals surface area contributed by atoms with Crippen LogP contribution in [0.1, 0.15) is 52.9 Å². The summed E-state index contributed by atoms with van der Waals surface area (Å²) in [5.74, 6) is -0.0259. The Hall–Kier alpha value is -0.570. The zero-order valence-corrected chi connectivity index (χ0v) is 11.5. The van der Waals surface area contributed by atoms with Crippen molar-refractivity contribution in [3.8, 4) is 0 Å². The van der Waals surface area contributed by atoms with Crippen molar-refractivity contribution in [2.24, 2.45) is 17.8 Å². The Morgan fingerprint density at radius 3 is 2.59 bits per heavy atom. The SMILES string of the molecule is CCC(C(=O)OC)C1(O)CCCCC1C(C)C. The van der Waals surface area contributed by atoms with Gasteiger partial charge >= 0.3 is 5.97 Å². The molecule has 0 saturated heterocycles. The van der Waals surface area contributed by atoms with Gasteiger partial charge in [0.15, 0.2) is 0 Å². The molecule has 100 valence electrons. The Kier molecular flexibility index (Phi) is 4.99. The maximum atomic E-state index is 11.8. The summed E-state index contributed by atoms with van der Waals surface area (Å²) in [5, 5.41) is 11.0. The fraction of sp³-hybridized carbons (Fsp3) is 0.929. The number of rotatable bonds is 4. The van der Waals surface area contributed by atoms with Crippen molar-refractivity contribution in [3.05, 3.63) is 0 Å². The first kappa shape index (κ1) is 14.5. The standard InChI is InChI=1S/C14H26O3/c1-5-11(13(15)17-4)14(16)9-7-6-8-12(14)10(2)3/h10-12,16H,5-9H2,1-4H3. The monoisotopic (exact) mass is 242 g/mol. The minimum atomic E-state index is -0.867. The van der Waals surface area contributed by atoms with Crippen molar-refractivity contribution in [3.63, 3.8) is 0 Å². The van der Waals surface area contributed by atoms with Crippen molar-refractivity contribution in [1.29, 1.82) is 0 Å². The van der Waals surface area contributed by atoms with Gasteiger partial charge in [-0.25, -0.2) is 0 Å². The molecule has 0 aromatic heterocycles. The molecule has 0 bridgehead atoms. The van der Waals surface area contributed by atoms with E-state index in [4.69, 9.17) is 4.74 Å². The van der Waals surface area contributed by atoms with Gasteiger partial charge in [-0.1, -0.05) is 33.6 Å². The third kappa shape index (κ3) is 2.82. The van der Waals surface area contributed by atoms with Crippen LogP contribution in [-0.2, 0) is 9.53 Å². The van der Waals surface area contributed by atoms with Gasteiger partial charge in [-0.2, -0.15) is 0 Å². The van der Waals surface area contributed by atoms with Gasteiger partial charge in [0.05, 0.1) is 18.6 Å². The van der Waals surface area contributed by atoms with Crippen LogP contribution in [0.2, 0.25) is 0 Å². The van der Waals surface area contributed by atoms with Crippen LogP contribution in [0.3, 0.4) is 0 Å². The van der Waals surface area contributed by atoms with E-state index in [1.807, 2.05) is 6.92 Å². The molecule has 1 saturated carbocycles. The number of carbonyl (C=O) groups excluding carboxylic acids is 1. The molecule has 1 aliphatic rings. The number of ether oxygens (including phenoxy) is 1. The van der Waals surface area contributed by atoms with Crippen LogP contribution in [0, 0.1) is 17.8 Å². The Bertz CT molecular complexity index is 262. The van der Waals surface area contributed by atoms with Gasteiger partial charge in [-0.3, -0.25) is 4.79 Å². The van der Waals surface area contributed by atoms with Crippen molar-refractivity contribution in [2.75, 3.05) is 7.11 Å². The van der Waals surface area contributed by atoms with E-state index >= 15 is 0 Å². The molecule has 0 aromatic carbocycles. The molecule has 3 atom stereocenters. The number of aliphatic hydroxyl groups is 1. The summed E-state index contributed by atoms with van der Waals surface area (Å²) in [6.45, 7) is 6.21. The molecular formula is C14H26O3. The largest absolute Gasteiger partial charge is 0.469 e. The molecule has 1 N–H and O–H groups in total. The Morgan fingerprint density at radius 1 is 1.47 bits per heavy atom. The van der Waals surface area contributed by atoms with E-state index < -0.39 is 5.60 Å². The zero-order chi connectivity index (χ0) is 13.1. The molecule has 0 aliphatic heterocycles. The topological polar surface area (TPSA) is 46.5 Å². The summed E-state index contributed by atoms with van der Waals surface area (Å²) >= 11 is 0. The first-order chi connectivity index (χ1) is 7.97. The second-order valence-corrected chi connectivity index (χ2v) is 5.57. The zero-order valence-electron chi connectivity index (χ0n) is 11.5. The number of esters is 1. The molecule has 0 heterocycles. The fourth-order valence-electron chi connectivity index (χ4n) is 3.42. The highest BCUT2D eigenvalue weighted by Crippen LogP contribution is 2.44. The quantitative estimate of drug-likeness (QED) is 0.771. The van der Waals surface area contributed by atoms with Crippen LogP contribution in [0.5, 0.6) is 0 Å². The predicted octanol–water partition coefficient (Wildman–Crippen LogP) is 2.76. The lowest BCUT2D eigenvalue weighted by atomic mass is 9.64. The molecule has 17 heavy (non-hydrogen) atoms. The Labute approximate surface area is 105 Å². The van der Waals surface area contributed by atoms with Crippen LogP contribution < -0.4 is 0 Å². The maximum absolute atomic E-state index is 11.8. The Morgan fingerprint density at radius 2 is 2.12 bits per heavy atom. The second-order valence-electron chi connectivity index (χ2n) is 5.57. The summed E-state index contributed by atoms with van der Waals surface area (Å²) in [4.78, 5) is 11.8. The maximum Gasteiger partial charge on any atom is 0.311 e. The van der Waals surface area contributed by atoms with Crippen LogP contribution in [0.25, 0.3) is 0 Å². The van der Waals surface area contributed by atoms with Gasteiger partial charge in [-0.05, 0) is 31.1 Å². The number of hydrogen-bond acceptors (Lipinski definition) is 3. The van der Waals surface area contributed by atoms with Gasteiger partial charge in [0.25, 0.3) is 0 Å². The number of methoxy groups -OCH3 is 1. The van der Waals surface area contributed by atoms with Crippen LogP contribution in [0.4, 0.5) is 0 Å². The van der Waals surface area contributed by atoms with Gasteiger partial charge in [0, 0.05) is 0 Å². The summed E-state index contributed by atoms with van der Waals surface area (Å²) < 4.78 is 4.85. The average molecular weight is 242 g/mol. The molecule has 0 aromatic rings. The number of hydrogen-bond donors (Lipinski definition) is 1. The summed E-state index contributed by atoms with van der Waals surface area (Å²) in [6.07, 6.45) is 4.55. The van der Waals surface area contributed by atoms with E-state index in [-0.39, 0.29) is 17.8 Å². The van der Waals surface area contributed by atoms with E-state index in [0.717, 1.165) is 25.7 Å². The Balaban J connectivity index is 2.97. The second kappa shape index (κ2) is 5.85. The van der Waals surface area contributed by atoms with E-state index in [2.05, 4.69) is 13.8 Å². The van der Waals surface area contributed by atoms with E-state index in [1.54, 1.807) is 0 Å². The van der Waals surface area contributed by atoms with Crippen molar-refractivity contribution < 1.29 is 14.6 Å². The highest BCUT2D eigenvalue weighted by molar-refractivity contribution is 5.73. The molecule has 0 amide bonds. The normalized spacial score (nSPS) is 31.3. The van der Waals surface area contributed by atoms with E-state index in [0.29, 0.717) is 12.3 Å². The lowest BCUT2D eigenvalue weighted by molar-refractivity contribution is -0.168. The molecule has 0 radical (unpaired) electrons. The van der Waals surface area contributed by atoms with Crippen LogP contribution >= 0.6 is 0 Å². The molecule has 3 nitrogen and oxygen atoms in total. The highest BCUT2D eigenvalue weighted by atomic mass is 16.5. The first-order valence-electron chi connectivity index (χ1n) is 6.77. The fourth-order valence-corrected chi connectivity index (χ4v) is 3.42. The highest BCUT2D eigenvalue weighted by Gasteiger charge is 2.48. The molecule has 1 fully saturated rings. The summed E-state index contributed by atoms with van der Waals surface area (Å²) in [6, 6.07) is 0. The molecule has 0 spiro atoms. The van der Waals surface area contributed by atoms with Crippen molar-refractivity contribution in [2.45, 2.75) is 58.5 Å². The molecule has 1 rings (SSSR count). The molecule has 1 aliphatic carbocycles. The lowest BCUT2D eigenvalue weighted by Gasteiger charge is -2.45. The van der Waals surface area contributed by atoms with Crippen LogP contribution in [0.15, 0.2) is 0 Å². The van der Waals surface area contributed by atoms with Crippen molar-refractivity contribution >= 4 is 5.97 Å². The van der Waals surface area contributed by atoms with Gasteiger partial charge in [0.2, 0.25) is 0 Å². The summed E-state index contributed by atoms with van der Waals surface area (Å²) in [5.41, 5.74) is -0.867. The first-order valence-corrected chi connectivity index (χ1v) is 6.77. The van der Waals surface area contributed by atoms with E-state index in [9.17, 15) is 9.90 Å². The number of carbonyl (C=O) groups is 1. The predicted molar refractivity (Wildman–Crippen MR) is 67.5 cm³/mol. The van der Waals surface area contributed by atoms with Gasteiger partial charge in [-0.15, -0.1) is 0 Å². The third-order valence-corrected chi connectivity index (χ3v) is 4.29. The molecule has 3 unspecified atom stereocenters. The smallest absolute Gasteiger partial charge is 0.311 e. The van der Waals surface area contributed by atoms with Crippen LogP contribution in [-0.4, -0.2) is 23.8 Å². The lowest BCUT2D eigenvalue weighted by Crippen LogP contribution is -2.52. The third-order valence-electron chi connectivity index (χ3n) is 4.29. The minimum Gasteiger partial charge on any atom is -0.469 e. The minimum absolute atomic E-state index is 0.209. The van der Waals surface area contributed by atoms with Gasteiger partial charge < -0.3 is 9.84 Å². The van der Waals surface area contributed by atoms with Gasteiger partial charge in [0.1, 0.15) is 0 Å². The van der Waals surface area contributed by atoms with Crippen molar-refractivity contribution in [1.82, 2.24) is 0 Å². The van der Waals surface area contributed by atoms with E-state index in [1.165, 1.54) is 7.11 Å².